The Labute approximate surface area is 502 Å². The minimum Gasteiger partial charge on any atom is -0.329 e. The SMILES string of the molecule is CC1=C([Si](C)(C)NC(C)(C)C)C2Sc3c(sc4ccccc34)C2C1.CC1=C([Si](C)(C)NC(C)(C)C)C2Sc3c(sc4ccccc34)C2C1C.CC1=C([Si](C)(C)NC(C)(C)C)C2Sc3c(sc4ccccc34)C2C1c1ccccc1. The minimum atomic E-state index is -1.80. The Morgan fingerprint density at radius 3 is 1.27 bits per heavy atom. The second kappa shape index (κ2) is 21.0. The monoisotopic (exact) mass is 1210 g/mol. The highest BCUT2D eigenvalue weighted by atomic mass is 32.2. The number of fused-ring (bicyclic) bond motifs is 15. The van der Waals surface area contributed by atoms with Crippen LogP contribution in [0, 0.1) is 5.92 Å². The molecule has 7 aromatic rings. The molecule has 0 saturated heterocycles. The van der Waals surface area contributed by atoms with Crippen molar-refractivity contribution in [1.29, 1.82) is 0 Å². The molecule has 0 radical (unpaired) electrons. The van der Waals surface area contributed by atoms with Crippen molar-refractivity contribution >= 4 is 124 Å². The van der Waals surface area contributed by atoms with Crippen LogP contribution in [-0.2, 0) is 0 Å². The zero-order chi connectivity index (χ0) is 56.7. The molecule has 3 N–H and O–H groups in total. The third-order valence-corrected chi connectivity index (χ3v) is 37.0. The third kappa shape index (κ3) is 10.8. The predicted molar refractivity (Wildman–Crippen MR) is 365 cm³/mol. The molecule has 79 heavy (non-hydrogen) atoms. The molecule has 13 rings (SSSR count). The van der Waals surface area contributed by atoms with Crippen LogP contribution < -0.4 is 14.9 Å². The molecule has 4 aromatic carbocycles. The van der Waals surface area contributed by atoms with Crippen molar-refractivity contribution in [2.24, 2.45) is 5.92 Å². The first-order chi connectivity index (χ1) is 36.9. The van der Waals surface area contributed by atoms with Gasteiger partial charge in [-0.05, 0) is 119 Å². The van der Waals surface area contributed by atoms with Gasteiger partial charge in [-0.25, -0.2) is 0 Å². The van der Waals surface area contributed by atoms with Crippen molar-refractivity contribution in [3.63, 3.8) is 0 Å². The van der Waals surface area contributed by atoms with Crippen molar-refractivity contribution < 1.29 is 0 Å². The van der Waals surface area contributed by atoms with E-state index < -0.39 is 24.7 Å². The molecule has 6 aliphatic rings. The highest BCUT2D eigenvalue weighted by Gasteiger charge is 2.55. The van der Waals surface area contributed by atoms with E-state index in [0.717, 1.165) is 0 Å². The Balaban J connectivity index is 0.000000126. The van der Waals surface area contributed by atoms with Gasteiger partial charge in [0.25, 0.3) is 0 Å². The normalized spacial score (nSPS) is 24.7. The second-order valence-corrected chi connectivity index (χ2v) is 47.2. The van der Waals surface area contributed by atoms with Crippen molar-refractivity contribution in [2.45, 2.75) is 206 Å². The molecule has 8 unspecified atom stereocenters. The molecule has 8 atom stereocenters. The van der Waals surface area contributed by atoms with E-state index >= 15 is 0 Å². The number of thioether (sulfide) groups is 3. The summed E-state index contributed by atoms with van der Waals surface area (Å²) in [7, 11) is -5.08. The van der Waals surface area contributed by atoms with Gasteiger partial charge in [0.2, 0.25) is 0 Å². The number of hydrogen-bond donors (Lipinski definition) is 3. The highest BCUT2D eigenvalue weighted by molar-refractivity contribution is 8.01. The van der Waals surface area contributed by atoms with Crippen LogP contribution in [0.15, 0.2) is 150 Å². The fraction of sp³-hybridized carbons (Fsp3) is 0.463. The summed E-state index contributed by atoms with van der Waals surface area (Å²) < 4.78 is 4.36. The summed E-state index contributed by atoms with van der Waals surface area (Å²) in [6.07, 6.45) is 1.26. The summed E-state index contributed by atoms with van der Waals surface area (Å²) in [6.45, 7) is 45.5. The van der Waals surface area contributed by atoms with Crippen LogP contribution in [0.2, 0.25) is 39.3 Å². The molecule has 3 aliphatic heterocycles. The standard InChI is InChI=1S/C26H31NS2Si.C21H29NS2Si.C20H27NS2Si/c1-16-20(17-12-8-7-9-13-17)21-23-22(18-14-10-11-15-19(18)28-23)29-24(21)25(16)30(5,6)27-26(2,3)4;1-12-13(2)20(25(6,7)22-21(3,4)5)19-16(12)18-17(24-19)14-10-8-9-11-15(14)23-18;1-12-11-14-17-16(13-9-7-8-10-15(13)22-17)23-18(14)19(12)24(5,6)21-20(2,3)4/h7-15,20-21,24,27H,1-6H3;8-12,16,19,22H,1-7H3;7-10,14,18,21H,11H2,1-6H3. The lowest BCUT2D eigenvalue weighted by atomic mass is 9.84. The van der Waals surface area contributed by atoms with Gasteiger partial charge in [-0.15, -0.1) is 69.3 Å². The van der Waals surface area contributed by atoms with Crippen LogP contribution >= 0.6 is 69.3 Å². The summed E-state index contributed by atoms with van der Waals surface area (Å²) in [5, 5.41) is 11.6. The van der Waals surface area contributed by atoms with Gasteiger partial charge in [0, 0.05) is 116 Å². The fourth-order valence-electron chi connectivity index (χ4n) is 15.7. The van der Waals surface area contributed by atoms with Gasteiger partial charge in [-0.3, -0.25) is 0 Å². The van der Waals surface area contributed by atoms with Gasteiger partial charge in [-0.2, -0.15) is 0 Å². The number of thiophene rings is 3. The Morgan fingerprint density at radius 2 is 0.797 bits per heavy atom. The predicted octanol–water partition coefficient (Wildman–Crippen LogP) is 20.6. The maximum absolute atomic E-state index is 4.08. The molecule has 418 valence electrons. The van der Waals surface area contributed by atoms with Gasteiger partial charge < -0.3 is 14.9 Å². The summed E-state index contributed by atoms with van der Waals surface area (Å²) in [5.41, 5.74) is 6.91. The molecular formula is C67H87N3S6Si3. The maximum Gasteiger partial charge on any atom is 0.148 e. The molecule has 3 aliphatic carbocycles. The summed E-state index contributed by atoms with van der Waals surface area (Å²) >= 11 is 12.6. The van der Waals surface area contributed by atoms with Crippen LogP contribution in [0.25, 0.3) is 30.3 Å². The summed E-state index contributed by atoms with van der Waals surface area (Å²) in [4.78, 5) is 21.8. The highest BCUT2D eigenvalue weighted by Crippen LogP contribution is 2.67. The smallest absolute Gasteiger partial charge is 0.148 e. The summed E-state index contributed by atoms with van der Waals surface area (Å²) in [6, 6.07) is 38.1. The topological polar surface area (TPSA) is 36.1 Å². The molecule has 12 heteroatoms. The lowest BCUT2D eigenvalue weighted by molar-refractivity contribution is 0.512. The van der Waals surface area contributed by atoms with E-state index in [2.05, 4.69) is 283 Å². The van der Waals surface area contributed by atoms with Crippen LogP contribution in [0.1, 0.15) is 140 Å². The molecule has 0 saturated carbocycles. The zero-order valence-electron chi connectivity index (χ0n) is 50.6. The largest absolute Gasteiger partial charge is 0.329 e. The Morgan fingerprint density at radius 1 is 0.430 bits per heavy atom. The van der Waals surface area contributed by atoms with Gasteiger partial charge in [-0.1, -0.05) is 163 Å². The average Bonchev–Trinajstić information content (AvgIpc) is 4.37. The molecule has 0 spiro atoms. The fourth-order valence-corrected chi connectivity index (χ4v) is 41.0. The van der Waals surface area contributed by atoms with Crippen molar-refractivity contribution in [3.05, 3.63) is 156 Å². The van der Waals surface area contributed by atoms with Crippen LogP contribution in [0.3, 0.4) is 0 Å². The summed E-state index contributed by atoms with van der Waals surface area (Å²) in [5.74, 6) is 3.11. The van der Waals surface area contributed by atoms with Crippen LogP contribution in [0.5, 0.6) is 0 Å². The van der Waals surface area contributed by atoms with E-state index in [1.807, 2.05) is 34.0 Å². The minimum absolute atomic E-state index is 0.129. The molecule has 0 fully saturated rings. The van der Waals surface area contributed by atoms with Gasteiger partial charge in [0.05, 0.1) is 0 Å². The molecule has 6 heterocycles. The van der Waals surface area contributed by atoms with Crippen LogP contribution in [0.4, 0.5) is 0 Å². The van der Waals surface area contributed by atoms with Crippen molar-refractivity contribution in [2.75, 3.05) is 0 Å². The third-order valence-electron chi connectivity index (χ3n) is 17.4. The lowest BCUT2D eigenvalue weighted by Crippen LogP contribution is -2.57. The number of allylic oxidation sites excluding steroid dienone is 3. The van der Waals surface area contributed by atoms with E-state index in [-0.39, 0.29) is 16.6 Å². The van der Waals surface area contributed by atoms with Crippen molar-refractivity contribution in [3.8, 4) is 0 Å². The quantitative estimate of drug-likeness (QED) is 0.138. The van der Waals surface area contributed by atoms with E-state index in [4.69, 9.17) is 0 Å². The number of benzene rings is 4. The lowest BCUT2D eigenvalue weighted by Gasteiger charge is -2.37. The Bertz CT molecular complexity index is 3590. The Kier molecular flexibility index (Phi) is 15.5. The number of hydrogen-bond acceptors (Lipinski definition) is 9. The second-order valence-electron chi connectivity index (χ2n) is 28.4. The Hall–Kier alpha value is -2.44. The zero-order valence-corrected chi connectivity index (χ0v) is 58.5. The molecule has 3 nitrogen and oxygen atoms in total. The van der Waals surface area contributed by atoms with Gasteiger partial charge in [0.15, 0.2) is 0 Å². The number of rotatable bonds is 7. The first kappa shape index (κ1) is 58.3. The average molecular weight is 1210 g/mol. The van der Waals surface area contributed by atoms with Crippen molar-refractivity contribution in [1.82, 2.24) is 14.9 Å². The first-order valence-corrected chi connectivity index (χ1v) is 43.1. The van der Waals surface area contributed by atoms with Gasteiger partial charge in [0.1, 0.15) is 24.7 Å². The molecule has 0 bridgehead atoms. The van der Waals surface area contributed by atoms with E-state index in [1.54, 1.807) is 61.6 Å². The van der Waals surface area contributed by atoms with E-state index in [1.165, 1.54) is 42.2 Å². The molecule has 3 aromatic heterocycles. The first-order valence-electron chi connectivity index (χ1n) is 29.0. The maximum atomic E-state index is 4.08. The molecular weight excluding hydrogens is 1120 g/mol. The number of nitrogens with one attached hydrogen (secondary N) is 3. The molecule has 0 amide bonds. The van der Waals surface area contributed by atoms with Gasteiger partial charge >= 0.3 is 0 Å². The van der Waals surface area contributed by atoms with E-state index in [0.29, 0.717) is 45.3 Å². The van der Waals surface area contributed by atoms with E-state index in [9.17, 15) is 0 Å². The van der Waals surface area contributed by atoms with Crippen LogP contribution in [-0.4, -0.2) is 57.1 Å².